The molecule has 82 valence electrons. The maximum atomic E-state index is 6.07. The Labute approximate surface area is 105 Å². The van der Waals surface area contributed by atoms with Gasteiger partial charge in [-0.3, -0.25) is 0 Å². The van der Waals surface area contributed by atoms with E-state index in [1.807, 2.05) is 0 Å². The highest BCUT2D eigenvalue weighted by Crippen LogP contribution is 2.32. The number of thiophene rings is 1. The standard InChI is InChI=1S/C10H16BrNS.ClH/c1-6(2)4-8(12)9-5-7(3)10(11)13-9;/h5-6,8H,4,12H2,1-3H3;1H/t8-;/m0./s1. The van der Waals surface area contributed by atoms with Gasteiger partial charge in [-0.05, 0) is 46.8 Å². The molecule has 0 aliphatic carbocycles. The van der Waals surface area contributed by atoms with Crippen LogP contribution in [-0.4, -0.2) is 0 Å². The Morgan fingerprint density at radius 1 is 1.50 bits per heavy atom. The Bertz CT molecular complexity index is 266. The molecule has 0 amide bonds. The fourth-order valence-corrected chi connectivity index (χ4v) is 2.88. The first kappa shape index (κ1) is 14.4. The van der Waals surface area contributed by atoms with Crippen LogP contribution in [0.1, 0.15) is 36.8 Å². The normalized spacial score (nSPS) is 12.7. The molecule has 0 bridgehead atoms. The molecular formula is C10H17BrClNS. The lowest BCUT2D eigenvalue weighted by atomic mass is 10.0. The lowest BCUT2D eigenvalue weighted by Gasteiger charge is -2.11. The van der Waals surface area contributed by atoms with Crippen molar-refractivity contribution in [3.8, 4) is 0 Å². The van der Waals surface area contributed by atoms with Crippen molar-refractivity contribution < 1.29 is 0 Å². The van der Waals surface area contributed by atoms with Gasteiger partial charge < -0.3 is 5.73 Å². The van der Waals surface area contributed by atoms with Crippen molar-refractivity contribution in [1.82, 2.24) is 0 Å². The van der Waals surface area contributed by atoms with Crippen molar-refractivity contribution in [2.75, 3.05) is 0 Å². The molecule has 0 fully saturated rings. The summed E-state index contributed by atoms with van der Waals surface area (Å²) < 4.78 is 1.21. The van der Waals surface area contributed by atoms with Gasteiger partial charge in [0.1, 0.15) is 0 Å². The molecule has 0 saturated carbocycles. The second-order valence-corrected chi connectivity index (χ2v) is 6.24. The molecule has 0 aliphatic rings. The zero-order valence-electron chi connectivity index (χ0n) is 8.71. The van der Waals surface area contributed by atoms with Crippen LogP contribution in [0.25, 0.3) is 0 Å². The average Bonchev–Trinajstić information content (AvgIpc) is 2.31. The summed E-state index contributed by atoms with van der Waals surface area (Å²) in [7, 11) is 0. The fourth-order valence-electron chi connectivity index (χ4n) is 1.29. The van der Waals surface area contributed by atoms with E-state index in [0.29, 0.717) is 5.92 Å². The van der Waals surface area contributed by atoms with Gasteiger partial charge in [-0.15, -0.1) is 23.7 Å². The van der Waals surface area contributed by atoms with Gasteiger partial charge in [0.2, 0.25) is 0 Å². The molecule has 1 atom stereocenters. The van der Waals surface area contributed by atoms with E-state index in [2.05, 4.69) is 42.8 Å². The smallest absolute Gasteiger partial charge is 0.0731 e. The third-order valence-electron chi connectivity index (χ3n) is 1.97. The monoisotopic (exact) mass is 297 g/mol. The molecule has 0 spiro atoms. The largest absolute Gasteiger partial charge is 0.323 e. The molecule has 0 aromatic carbocycles. The van der Waals surface area contributed by atoms with E-state index in [-0.39, 0.29) is 18.4 Å². The number of hydrogen-bond acceptors (Lipinski definition) is 2. The number of rotatable bonds is 3. The molecule has 0 unspecified atom stereocenters. The highest BCUT2D eigenvalue weighted by molar-refractivity contribution is 9.11. The van der Waals surface area contributed by atoms with Crippen molar-refractivity contribution in [1.29, 1.82) is 0 Å². The molecule has 1 heterocycles. The summed E-state index contributed by atoms with van der Waals surface area (Å²) in [5.74, 6) is 0.663. The van der Waals surface area contributed by atoms with Gasteiger partial charge in [0, 0.05) is 10.9 Å². The minimum absolute atomic E-state index is 0. The number of nitrogens with two attached hydrogens (primary N) is 1. The molecule has 1 aromatic rings. The summed E-state index contributed by atoms with van der Waals surface area (Å²) in [6.45, 7) is 6.51. The van der Waals surface area contributed by atoms with Crippen LogP contribution in [0, 0.1) is 12.8 Å². The minimum Gasteiger partial charge on any atom is -0.323 e. The molecule has 0 aliphatic heterocycles. The van der Waals surface area contributed by atoms with Crippen molar-refractivity contribution in [3.05, 3.63) is 20.3 Å². The Balaban J connectivity index is 0.00000169. The molecule has 4 heteroatoms. The summed E-state index contributed by atoms with van der Waals surface area (Å²) in [6, 6.07) is 2.39. The van der Waals surface area contributed by atoms with Crippen LogP contribution in [0.15, 0.2) is 9.85 Å². The van der Waals surface area contributed by atoms with Gasteiger partial charge in [-0.2, -0.15) is 0 Å². The second kappa shape index (κ2) is 6.11. The van der Waals surface area contributed by atoms with Gasteiger partial charge >= 0.3 is 0 Å². The van der Waals surface area contributed by atoms with Crippen LogP contribution < -0.4 is 5.73 Å². The zero-order chi connectivity index (χ0) is 10.0. The van der Waals surface area contributed by atoms with Gasteiger partial charge in [0.15, 0.2) is 0 Å². The predicted octanol–water partition coefficient (Wildman–Crippen LogP) is 4.29. The first-order valence-corrected chi connectivity index (χ1v) is 6.13. The number of halogens is 2. The SMILES string of the molecule is Cc1cc([C@@H](N)CC(C)C)sc1Br.Cl. The quantitative estimate of drug-likeness (QED) is 0.885. The van der Waals surface area contributed by atoms with Crippen molar-refractivity contribution in [2.45, 2.75) is 33.2 Å². The van der Waals surface area contributed by atoms with Crippen LogP contribution in [-0.2, 0) is 0 Å². The molecule has 14 heavy (non-hydrogen) atoms. The van der Waals surface area contributed by atoms with Crippen molar-refractivity contribution in [2.24, 2.45) is 11.7 Å². The molecular weight excluding hydrogens is 282 g/mol. The van der Waals surface area contributed by atoms with E-state index in [4.69, 9.17) is 5.73 Å². The highest BCUT2D eigenvalue weighted by atomic mass is 79.9. The Kier molecular flexibility index (Phi) is 6.30. The number of hydrogen-bond donors (Lipinski definition) is 1. The second-order valence-electron chi connectivity index (χ2n) is 3.84. The van der Waals surface area contributed by atoms with Gasteiger partial charge in [0.25, 0.3) is 0 Å². The molecule has 0 radical (unpaired) electrons. The summed E-state index contributed by atoms with van der Waals surface area (Å²) in [4.78, 5) is 1.29. The Morgan fingerprint density at radius 2 is 2.07 bits per heavy atom. The predicted molar refractivity (Wildman–Crippen MR) is 70.4 cm³/mol. The maximum Gasteiger partial charge on any atom is 0.0731 e. The Morgan fingerprint density at radius 3 is 2.43 bits per heavy atom. The molecule has 2 N–H and O–H groups in total. The van der Waals surface area contributed by atoms with Gasteiger partial charge in [-0.25, -0.2) is 0 Å². The van der Waals surface area contributed by atoms with E-state index in [9.17, 15) is 0 Å². The fraction of sp³-hybridized carbons (Fsp3) is 0.600. The van der Waals surface area contributed by atoms with Crippen LogP contribution in [0.5, 0.6) is 0 Å². The highest BCUT2D eigenvalue weighted by Gasteiger charge is 2.12. The third-order valence-corrected chi connectivity index (χ3v) is 4.24. The number of aryl methyl sites for hydroxylation is 1. The lowest BCUT2D eigenvalue weighted by molar-refractivity contribution is 0.515. The topological polar surface area (TPSA) is 26.0 Å². The summed E-state index contributed by atoms with van der Waals surface area (Å²) >= 11 is 5.27. The zero-order valence-corrected chi connectivity index (χ0v) is 11.9. The molecule has 1 nitrogen and oxygen atoms in total. The van der Waals surface area contributed by atoms with E-state index in [1.165, 1.54) is 14.2 Å². The van der Waals surface area contributed by atoms with Crippen molar-refractivity contribution >= 4 is 39.7 Å². The van der Waals surface area contributed by atoms with Gasteiger partial charge in [-0.1, -0.05) is 13.8 Å². The average molecular weight is 299 g/mol. The van der Waals surface area contributed by atoms with Crippen molar-refractivity contribution in [3.63, 3.8) is 0 Å². The first-order valence-electron chi connectivity index (χ1n) is 4.52. The Hall–Kier alpha value is 0.430. The lowest BCUT2D eigenvalue weighted by Crippen LogP contribution is -2.11. The molecule has 0 saturated heterocycles. The summed E-state index contributed by atoms with van der Waals surface area (Å²) in [5.41, 5.74) is 7.36. The molecule has 1 rings (SSSR count). The summed E-state index contributed by atoms with van der Waals surface area (Å²) in [5, 5.41) is 0. The maximum absolute atomic E-state index is 6.07. The van der Waals surface area contributed by atoms with E-state index >= 15 is 0 Å². The van der Waals surface area contributed by atoms with Crippen LogP contribution in [0.3, 0.4) is 0 Å². The van der Waals surface area contributed by atoms with Crippen LogP contribution in [0.2, 0.25) is 0 Å². The van der Waals surface area contributed by atoms with E-state index < -0.39 is 0 Å². The first-order chi connectivity index (χ1) is 6.00. The minimum atomic E-state index is 0. The van der Waals surface area contributed by atoms with E-state index in [1.54, 1.807) is 11.3 Å². The van der Waals surface area contributed by atoms with Crippen LogP contribution in [0.4, 0.5) is 0 Å². The summed E-state index contributed by atoms with van der Waals surface area (Å²) in [6.07, 6.45) is 1.06. The van der Waals surface area contributed by atoms with Gasteiger partial charge in [0.05, 0.1) is 3.79 Å². The van der Waals surface area contributed by atoms with E-state index in [0.717, 1.165) is 6.42 Å². The third kappa shape index (κ3) is 3.89. The molecule has 1 aromatic heterocycles. The van der Waals surface area contributed by atoms with Crippen LogP contribution >= 0.6 is 39.7 Å².